The Kier molecular flexibility index (Phi) is 4.80. The summed E-state index contributed by atoms with van der Waals surface area (Å²) in [7, 11) is 0. The van der Waals surface area contributed by atoms with E-state index in [0.29, 0.717) is 10.2 Å². The Hall–Kier alpha value is -2.22. The van der Waals surface area contributed by atoms with Gasteiger partial charge in [-0.3, -0.25) is 0 Å². The maximum atomic E-state index is 12.7. The molecule has 0 bridgehead atoms. The van der Waals surface area contributed by atoms with Crippen LogP contribution in [0.4, 0.5) is 10.6 Å². The molecule has 2 aromatic heterocycles. The van der Waals surface area contributed by atoms with E-state index in [-0.39, 0.29) is 5.82 Å². The van der Waals surface area contributed by atoms with Crippen LogP contribution in [0.15, 0.2) is 6.33 Å². The summed E-state index contributed by atoms with van der Waals surface area (Å²) < 4.78 is 5.39. The molecule has 2 rings (SSSR count). The molecule has 24 heavy (non-hydrogen) atoms. The van der Waals surface area contributed by atoms with Crippen LogP contribution in [0.3, 0.4) is 0 Å². The largest absolute Gasteiger partial charge is 0.480 e. The first-order valence-corrected chi connectivity index (χ1v) is 8.30. The molecule has 2 heterocycles. The molecule has 0 saturated heterocycles. The summed E-state index contributed by atoms with van der Waals surface area (Å²) in [6.45, 7) is 10.5. The van der Waals surface area contributed by atoms with Crippen molar-refractivity contribution in [1.82, 2.24) is 9.97 Å². The second kappa shape index (κ2) is 6.35. The number of aromatic nitrogens is 2. The van der Waals surface area contributed by atoms with Crippen molar-refractivity contribution in [2.45, 2.75) is 53.2 Å². The number of aliphatic carboxylic acids is 1. The van der Waals surface area contributed by atoms with Gasteiger partial charge in [0, 0.05) is 4.88 Å². The van der Waals surface area contributed by atoms with Crippen LogP contribution in [0.25, 0.3) is 10.2 Å². The lowest BCUT2D eigenvalue weighted by Crippen LogP contribution is -2.46. The van der Waals surface area contributed by atoms with Crippen molar-refractivity contribution in [3.05, 3.63) is 16.8 Å². The molecule has 0 saturated carbocycles. The molecule has 0 fully saturated rings. The third-order valence-corrected chi connectivity index (χ3v) is 4.62. The van der Waals surface area contributed by atoms with Crippen LogP contribution >= 0.6 is 11.3 Å². The Labute approximate surface area is 144 Å². The Balaban J connectivity index is 2.64. The first kappa shape index (κ1) is 18.1. The van der Waals surface area contributed by atoms with Crippen molar-refractivity contribution >= 4 is 39.4 Å². The number of aryl methyl sites for hydroxylation is 2. The number of carbonyl (C=O) groups is 2. The molecule has 0 spiro atoms. The average Bonchev–Trinajstić information content (AvgIpc) is 2.73. The summed E-state index contributed by atoms with van der Waals surface area (Å²) in [6.07, 6.45) is 0.583. The predicted octanol–water partition coefficient (Wildman–Crippen LogP) is 3.52. The quantitative estimate of drug-likeness (QED) is 0.909. The highest BCUT2D eigenvalue weighted by molar-refractivity contribution is 7.18. The van der Waals surface area contributed by atoms with Gasteiger partial charge in [0.2, 0.25) is 0 Å². The van der Waals surface area contributed by atoms with Crippen LogP contribution < -0.4 is 4.90 Å². The van der Waals surface area contributed by atoms with E-state index in [1.165, 1.54) is 24.6 Å². The van der Waals surface area contributed by atoms with E-state index < -0.39 is 23.7 Å². The number of anilines is 1. The zero-order valence-corrected chi connectivity index (χ0v) is 15.4. The molecule has 1 N–H and O–H groups in total. The minimum Gasteiger partial charge on any atom is -0.480 e. The van der Waals surface area contributed by atoms with Crippen molar-refractivity contribution in [1.29, 1.82) is 0 Å². The normalized spacial score (nSPS) is 12.9. The smallest absolute Gasteiger partial charge is 0.416 e. The second-order valence-corrected chi connectivity index (χ2v) is 7.73. The van der Waals surface area contributed by atoms with Gasteiger partial charge >= 0.3 is 12.1 Å². The van der Waals surface area contributed by atoms with Gasteiger partial charge in [-0.25, -0.2) is 24.5 Å². The molecule has 0 aliphatic heterocycles. The molecule has 0 aliphatic carbocycles. The van der Waals surface area contributed by atoms with Gasteiger partial charge in [-0.15, -0.1) is 11.3 Å². The van der Waals surface area contributed by atoms with Gasteiger partial charge in [0.15, 0.2) is 5.82 Å². The molecular weight excluding hydrogens is 330 g/mol. The molecular formula is C16H21N3O4S. The van der Waals surface area contributed by atoms with E-state index in [0.717, 1.165) is 15.3 Å². The summed E-state index contributed by atoms with van der Waals surface area (Å²) in [6, 6.07) is -1.13. The fourth-order valence-corrected chi connectivity index (χ4v) is 3.19. The number of thiophene rings is 1. The molecule has 2 aromatic rings. The average molecular weight is 351 g/mol. The number of amides is 1. The fourth-order valence-electron chi connectivity index (χ4n) is 2.20. The van der Waals surface area contributed by atoms with Gasteiger partial charge in [-0.1, -0.05) is 0 Å². The zero-order valence-electron chi connectivity index (χ0n) is 14.6. The fraction of sp³-hybridized carbons (Fsp3) is 0.500. The van der Waals surface area contributed by atoms with Crippen LogP contribution in [-0.2, 0) is 9.53 Å². The Morgan fingerprint density at radius 1 is 1.29 bits per heavy atom. The summed E-state index contributed by atoms with van der Waals surface area (Å²) in [5, 5.41) is 10.1. The van der Waals surface area contributed by atoms with Crippen molar-refractivity contribution in [3.8, 4) is 0 Å². The Bertz CT molecular complexity index is 794. The third kappa shape index (κ3) is 3.48. The number of ether oxygens (including phenoxy) is 1. The highest BCUT2D eigenvalue weighted by Crippen LogP contribution is 2.35. The van der Waals surface area contributed by atoms with Crippen LogP contribution in [0.5, 0.6) is 0 Å². The number of fused-ring (bicyclic) bond motifs is 1. The number of rotatable bonds is 3. The number of hydrogen-bond donors (Lipinski definition) is 1. The number of carboxylic acids is 1. The lowest BCUT2D eigenvalue weighted by atomic mass is 10.2. The van der Waals surface area contributed by atoms with E-state index in [1.54, 1.807) is 20.8 Å². The van der Waals surface area contributed by atoms with Crippen LogP contribution in [0.2, 0.25) is 0 Å². The van der Waals surface area contributed by atoms with Crippen LogP contribution in [0.1, 0.15) is 38.1 Å². The van der Waals surface area contributed by atoms with E-state index in [9.17, 15) is 14.7 Å². The number of carbonyl (C=O) groups excluding carboxylic acids is 1. The van der Waals surface area contributed by atoms with Crippen molar-refractivity contribution < 1.29 is 19.4 Å². The Morgan fingerprint density at radius 3 is 2.46 bits per heavy atom. The van der Waals surface area contributed by atoms with Gasteiger partial charge < -0.3 is 9.84 Å². The minimum atomic E-state index is -1.14. The molecule has 8 heteroatoms. The summed E-state index contributed by atoms with van der Waals surface area (Å²) >= 11 is 1.48. The summed E-state index contributed by atoms with van der Waals surface area (Å²) in [5.41, 5.74) is 0.177. The minimum absolute atomic E-state index is 0.256. The van der Waals surface area contributed by atoms with Gasteiger partial charge in [-0.05, 0) is 47.1 Å². The van der Waals surface area contributed by atoms with Crippen molar-refractivity contribution in [2.75, 3.05) is 4.90 Å². The number of carboxylic acid groups (broad SMARTS) is 1. The first-order valence-electron chi connectivity index (χ1n) is 7.48. The maximum Gasteiger partial charge on any atom is 0.416 e. The topological polar surface area (TPSA) is 92.6 Å². The Morgan fingerprint density at radius 2 is 1.92 bits per heavy atom. The van der Waals surface area contributed by atoms with Crippen LogP contribution in [-0.4, -0.2) is 38.8 Å². The van der Waals surface area contributed by atoms with E-state index in [2.05, 4.69) is 9.97 Å². The molecule has 0 aliphatic rings. The monoisotopic (exact) mass is 351 g/mol. The standard InChI is InChI=1S/C16H21N3O4S/c1-8-10(3)24-13-11(8)12(17-7-18-13)19(9(2)14(20)21)15(22)23-16(4,5)6/h7,9H,1-6H3,(H,20,21)/t9-/m1/s1. The van der Waals surface area contributed by atoms with Crippen LogP contribution in [0, 0.1) is 13.8 Å². The molecule has 0 unspecified atom stereocenters. The lowest BCUT2D eigenvalue weighted by Gasteiger charge is -2.29. The first-order chi connectivity index (χ1) is 11.0. The van der Waals surface area contributed by atoms with Gasteiger partial charge in [0.25, 0.3) is 0 Å². The highest BCUT2D eigenvalue weighted by Gasteiger charge is 2.34. The summed E-state index contributed by atoms with van der Waals surface area (Å²) in [5.74, 6) is -0.886. The van der Waals surface area contributed by atoms with E-state index >= 15 is 0 Å². The number of hydrogen-bond acceptors (Lipinski definition) is 6. The lowest BCUT2D eigenvalue weighted by molar-refractivity contribution is -0.138. The second-order valence-electron chi connectivity index (χ2n) is 6.53. The van der Waals surface area contributed by atoms with Crippen molar-refractivity contribution in [2.24, 2.45) is 0 Å². The molecule has 0 aromatic carbocycles. The molecule has 0 radical (unpaired) electrons. The van der Waals surface area contributed by atoms with Gasteiger partial charge in [0.05, 0.1) is 5.39 Å². The van der Waals surface area contributed by atoms with E-state index in [4.69, 9.17) is 4.74 Å². The number of nitrogens with zero attached hydrogens (tertiary/aromatic N) is 3. The van der Waals surface area contributed by atoms with Gasteiger partial charge in [-0.2, -0.15) is 0 Å². The van der Waals surface area contributed by atoms with Gasteiger partial charge in [0.1, 0.15) is 22.8 Å². The molecule has 7 nitrogen and oxygen atoms in total. The van der Waals surface area contributed by atoms with Crippen molar-refractivity contribution in [3.63, 3.8) is 0 Å². The van der Waals surface area contributed by atoms with E-state index in [1.807, 2.05) is 13.8 Å². The highest BCUT2D eigenvalue weighted by atomic mass is 32.1. The predicted molar refractivity (Wildman–Crippen MR) is 92.7 cm³/mol. The maximum absolute atomic E-state index is 12.7. The molecule has 1 amide bonds. The summed E-state index contributed by atoms with van der Waals surface area (Å²) in [4.78, 5) is 35.4. The SMILES string of the molecule is Cc1sc2ncnc(N(C(=O)OC(C)(C)C)[C@H](C)C(=O)O)c2c1C. The third-order valence-electron chi connectivity index (χ3n) is 3.51. The molecule has 130 valence electrons. The molecule has 1 atom stereocenters. The zero-order chi connectivity index (χ0) is 18.2.